The summed E-state index contributed by atoms with van der Waals surface area (Å²) in [6.45, 7) is 1.37. The highest BCUT2D eigenvalue weighted by molar-refractivity contribution is 5.25. The number of hydrogen-bond acceptors (Lipinski definition) is 3. The van der Waals surface area contributed by atoms with Crippen LogP contribution in [-0.4, -0.2) is 18.0 Å². The minimum atomic E-state index is -0.0690. The first-order valence-electron chi connectivity index (χ1n) is 5.81. The Morgan fingerprint density at radius 3 is 2.75 bits per heavy atom. The van der Waals surface area contributed by atoms with E-state index in [2.05, 4.69) is 0 Å². The van der Waals surface area contributed by atoms with Gasteiger partial charge in [0, 0.05) is 6.61 Å². The molecule has 0 amide bonds. The Labute approximate surface area is 96.0 Å². The molecule has 1 heterocycles. The van der Waals surface area contributed by atoms with Crippen LogP contribution in [0.1, 0.15) is 30.4 Å². The Kier molecular flexibility index (Phi) is 4.34. The molecule has 3 heteroatoms. The van der Waals surface area contributed by atoms with Gasteiger partial charge in [-0.15, -0.1) is 0 Å². The fourth-order valence-electron chi connectivity index (χ4n) is 1.88. The van der Waals surface area contributed by atoms with E-state index in [1.54, 1.807) is 0 Å². The normalized spacial score (nSPS) is 20.9. The molecule has 88 valence electrons. The third-order valence-electron chi connectivity index (χ3n) is 2.85. The number of aliphatic hydroxyl groups is 1. The van der Waals surface area contributed by atoms with E-state index in [-0.39, 0.29) is 12.9 Å². The molecule has 0 bridgehead atoms. The predicted molar refractivity (Wildman–Crippen MR) is 60.7 cm³/mol. The van der Waals surface area contributed by atoms with E-state index in [1.165, 1.54) is 6.42 Å². The van der Waals surface area contributed by atoms with Gasteiger partial charge in [0.15, 0.2) is 6.29 Å². The standard InChI is InChI=1S/C13H18O3/c14-9-11-5-1-2-6-12(11)10-16-13-7-3-4-8-15-13/h1-2,5-6,13-14H,3-4,7-10H2. The van der Waals surface area contributed by atoms with Crippen LogP contribution in [-0.2, 0) is 22.7 Å². The maximum atomic E-state index is 9.17. The lowest BCUT2D eigenvalue weighted by Gasteiger charge is -2.23. The molecule has 1 aliphatic rings. The van der Waals surface area contributed by atoms with Crippen molar-refractivity contribution >= 4 is 0 Å². The molecule has 1 atom stereocenters. The Morgan fingerprint density at radius 1 is 1.25 bits per heavy atom. The summed E-state index contributed by atoms with van der Waals surface area (Å²) in [6.07, 6.45) is 3.21. The maximum absolute atomic E-state index is 9.17. The van der Waals surface area contributed by atoms with Crippen molar-refractivity contribution in [1.29, 1.82) is 0 Å². The van der Waals surface area contributed by atoms with Gasteiger partial charge >= 0.3 is 0 Å². The fourth-order valence-corrected chi connectivity index (χ4v) is 1.88. The molecule has 1 unspecified atom stereocenters. The van der Waals surface area contributed by atoms with Gasteiger partial charge in [0.25, 0.3) is 0 Å². The molecule has 0 aliphatic carbocycles. The van der Waals surface area contributed by atoms with E-state index in [0.717, 1.165) is 30.6 Å². The molecule has 0 radical (unpaired) electrons. The first kappa shape index (κ1) is 11.6. The van der Waals surface area contributed by atoms with Crippen LogP contribution in [0.15, 0.2) is 24.3 Å². The molecule has 2 rings (SSSR count). The van der Waals surface area contributed by atoms with Crippen molar-refractivity contribution in [2.45, 2.75) is 38.8 Å². The van der Waals surface area contributed by atoms with Crippen LogP contribution >= 0.6 is 0 Å². The zero-order chi connectivity index (χ0) is 11.2. The maximum Gasteiger partial charge on any atom is 0.158 e. The fraction of sp³-hybridized carbons (Fsp3) is 0.538. The highest BCUT2D eigenvalue weighted by atomic mass is 16.7. The van der Waals surface area contributed by atoms with Crippen LogP contribution < -0.4 is 0 Å². The average molecular weight is 222 g/mol. The molecule has 1 aliphatic heterocycles. The van der Waals surface area contributed by atoms with Crippen molar-refractivity contribution in [2.75, 3.05) is 6.61 Å². The van der Waals surface area contributed by atoms with Crippen molar-refractivity contribution in [3.63, 3.8) is 0 Å². The van der Waals surface area contributed by atoms with Crippen molar-refractivity contribution in [2.24, 2.45) is 0 Å². The molecule has 1 saturated heterocycles. The molecular weight excluding hydrogens is 204 g/mol. The zero-order valence-electron chi connectivity index (χ0n) is 9.39. The van der Waals surface area contributed by atoms with E-state index >= 15 is 0 Å². The number of rotatable bonds is 4. The van der Waals surface area contributed by atoms with E-state index < -0.39 is 0 Å². The van der Waals surface area contributed by atoms with Gasteiger partial charge in [0.05, 0.1) is 13.2 Å². The van der Waals surface area contributed by atoms with Gasteiger partial charge in [-0.2, -0.15) is 0 Å². The first-order valence-corrected chi connectivity index (χ1v) is 5.81. The minimum absolute atomic E-state index is 0.0606. The second-order valence-electron chi connectivity index (χ2n) is 4.03. The Balaban J connectivity index is 1.88. The summed E-state index contributed by atoms with van der Waals surface area (Å²) >= 11 is 0. The molecule has 0 spiro atoms. The largest absolute Gasteiger partial charge is 0.392 e. The number of hydrogen-bond donors (Lipinski definition) is 1. The highest BCUT2D eigenvalue weighted by Crippen LogP contribution is 2.17. The van der Waals surface area contributed by atoms with Gasteiger partial charge in [-0.05, 0) is 30.4 Å². The Morgan fingerprint density at radius 2 is 2.06 bits per heavy atom. The van der Waals surface area contributed by atoms with E-state index in [0.29, 0.717) is 6.61 Å². The zero-order valence-corrected chi connectivity index (χ0v) is 9.39. The van der Waals surface area contributed by atoms with Crippen LogP contribution in [0.4, 0.5) is 0 Å². The van der Waals surface area contributed by atoms with Crippen molar-refractivity contribution in [3.05, 3.63) is 35.4 Å². The summed E-state index contributed by atoms with van der Waals surface area (Å²) in [4.78, 5) is 0. The van der Waals surface area contributed by atoms with Crippen LogP contribution in [0.5, 0.6) is 0 Å². The second-order valence-corrected chi connectivity index (χ2v) is 4.03. The van der Waals surface area contributed by atoms with Crippen LogP contribution in [0.25, 0.3) is 0 Å². The third kappa shape index (κ3) is 3.04. The number of ether oxygens (including phenoxy) is 2. The van der Waals surface area contributed by atoms with E-state index in [1.807, 2.05) is 24.3 Å². The van der Waals surface area contributed by atoms with Crippen LogP contribution in [0.2, 0.25) is 0 Å². The summed E-state index contributed by atoms with van der Waals surface area (Å²) < 4.78 is 11.2. The number of aliphatic hydroxyl groups excluding tert-OH is 1. The quantitative estimate of drug-likeness (QED) is 0.849. The lowest BCUT2D eigenvalue weighted by molar-refractivity contribution is -0.169. The molecule has 1 fully saturated rings. The highest BCUT2D eigenvalue weighted by Gasteiger charge is 2.14. The lowest BCUT2D eigenvalue weighted by atomic mass is 10.1. The summed E-state index contributed by atoms with van der Waals surface area (Å²) in [5.74, 6) is 0. The van der Waals surface area contributed by atoms with Gasteiger partial charge in [-0.3, -0.25) is 0 Å². The molecule has 0 saturated carbocycles. The summed E-state index contributed by atoms with van der Waals surface area (Å²) in [6, 6.07) is 7.78. The summed E-state index contributed by atoms with van der Waals surface area (Å²) in [7, 11) is 0. The minimum Gasteiger partial charge on any atom is -0.392 e. The van der Waals surface area contributed by atoms with Crippen LogP contribution in [0.3, 0.4) is 0 Å². The van der Waals surface area contributed by atoms with Crippen LogP contribution in [0, 0.1) is 0 Å². The van der Waals surface area contributed by atoms with Gasteiger partial charge < -0.3 is 14.6 Å². The Hall–Kier alpha value is -0.900. The van der Waals surface area contributed by atoms with E-state index in [9.17, 15) is 0 Å². The number of benzene rings is 1. The lowest BCUT2D eigenvalue weighted by Crippen LogP contribution is -2.22. The molecule has 1 N–H and O–H groups in total. The average Bonchev–Trinajstić information content (AvgIpc) is 2.38. The van der Waals surface area contributed by atoms with Crippen molar-refractivity contribution < 1.29 is 14.6 Å². The van der Waals surface area contributed by atoms with Gasteiger partial charge in [-0.25, -0.2) is 0 Å². The SMILES string of the molecule is OCc1ccccc1COC1CCCCO1. The van der Waals surface area contributed by atoms with Crippen molar-refractivity contribution in [3.8, 4) is 0 Å². The van der Waals surface area contributed by atoms with Crippen molar-refractivity contribution in [1.82, 2.24) is 0 Å². The monoisotopic (exact) mass is 222 g/mol. The van der Waals surface area contributed by atoms with Gasteiger partial charge in [0.1, 0.15) is 0 Å². The molecular formula is C13H18O3. The topological polar surface area (TPSA) is 38.7 Å². The van der Waals surface area contributed by atoms with E-state index in [4.69, 9.17) is 14.6 Å². The molecule has 1 aromatic carbocycles. The molecule has 16 heavy (non-hydrogen) atoms. The smallest absolute Gasteiger partial charge is 0.158 e. The Bertz CT molecular complexity index is 319. The van der Waals surface area contributed by atoms with Gasteiger partial charge in [0.2, 0.25) is 0 Å². The molecule has 1 aromatic rings. The van der Waals surface area contributed by atoms with Gasteiger partial charge in [-0.1, -0.05) is 24.3 Å². The first-order chi connectivity index (χ1) is 7.90. The molecule has 3 nitrogen and oxygen atoms in total. The molecule has 0 aromatic heterocycles. The summed E-state index contributed by atoms with van der Waals surface area (Å²) in [5, 5.41) is 9.17. The summed E-state index contributed by atoms with van der Waals surface area (Å²) in [5.41, 5.74) is 1.97. The predicted octanol–water partition coefficient (Wildman–Crippen LogP) is 2.22. The third-order valence-corrected chi connectivity index (χ3v) is 2.85. The second kappa shape index (κ2) is 5.99.